The number of carbonyl (C=O) groups excluding carboxylic acids is 3. The fourth-order valence-corrected chi connectivity index (χ4v) is 2.83. The summed E-state index contributed by atoms with van der Waals surface area (Å²) in [4.78, 5) is 36.1. The molecule has 0 aromatic heterocycles. The van der Waals surface area contributed by atoms with E-state index >= 15 is 0 Å². The fourth-order valence-electron chi connectivity index (χ4n) is 2.83. The molecule has 172 valence electrons. The molecule has 2 amide bonds. The third-order valence-electron chi connectivity index (χ3n) is 4.59. The molecule has 0 saturated heterocycles. The van der Waals surface area contributed by atoms with Gasteiger partial charge in [0.05, 0.1) is 13.3 Å². The van der Waals surface area contributed by atoms with E-state index in [1.165, 1.54) is 19.4 Å². The van der Waals surface area contributed by atoms with Gasteiger partial charge in [-0.3, -0.25) is 9.59 Å². The summed E-state index contributed by atoms with van der Waals surface area (Å²) in [7, 11) is 1.44. The molecule has 0 saturated carbocycles. The molecule has 0 spiro atoms. The Morgan fingerprint density at radius 1 is 0.853 bits per heavy atom. The summed E-state index contributed by atoms with van der Waals surface area (Å²) in [6.07, 6.45) is 4.30. The third kappa shape index (κ3) is 6.89. The van der Waals surface area contributed by atoms with Gasteiger partial charge in [-0.2, -0.15) is 5.10 Å². The first-order valence-corrected chi connectivity index (χ1v) is 10.3. The van der Waals surface area contributed by atoms with Gasteiger partial charge >= 0.3 is 17.8 Å². The molecule has 2 N–H and O–H groups in total. The minimum Gasteiger partial charge on any atom is -0.493 e. The van der Waals surface area contributed by atoms with Crippen LogP contribution in [-0.2, 0) is 14.4 Å². The molecule has 3 aromatic rings. The molecule has 0 aliphatic carbocycles. The van der Waals surface area contributed by atoms with Crippen LogP contribution < -0.4 is 20.2 Å². The van der Waals surface area contributed by atoms with Crippen LogP contribution in [0.4, 0.5) is 5.69 Å². The van der Waals surface area contributed by atoms with Crippen molar-refractivity contribution >= 4 is 35.8 Å². The number of esters is 1. The third-order valence-corrected chi connectivity index (χ3v) is 4.59. The van der Waals surface area contributed by atoms with Crippen LogP contribution >= 0.6 is 0 Å². The van der Waals surface area contributed by atoms with Crippen LogP contribution in [0.2, 0.25) is 0 Å². The first-order valence-electron chi connectivity index (χ1n) is 10.3. The SMILES string of the molecule is COc1cc(/C=N\NC(=O)C(=O)Nc2ccccc2C)ccc1OC(=O)/C=C/c1ccccc1. The number of hydrazone groups is 1. The van der Waals surface area contributed by atoms with Gasteiger partial charge in [-0.25, -0.2) is 10.2 Å². The zero-order valence-electron chi connectivity index (χ0n) is 18.6. The van der Waals surface area contributed by atoms with E-state index in [2.05, 4.69) is 15.8 Å². The number of nitrogens with one attached hydrogen (secondary N) is 2. The lowest BCUT2D eigenvalue weighted by molar-refractivity contribution is -0.136. The number of hydrogen-bond donors (Lipinski definition) is 2. The topological polar surface area (TPSA) is 106 Å². The highest BCUT2D eigenvalue weighted by Gasteiger charge is 2.14. The molecular weight excluding hydrogens is 434 g/mol. The molecule has 0 fully saturated rings. The molecule has 0 atom stereocenters. The van der Waals surface area contributed by atoms with E-state index < -0.39 is 17.8 Å². The predicted octanol–water partition coefficient (Wildman–Crippen LogP) is 3.71. The van der Waals surface area contributed by atoms with E-state index in [-0.39, 0.29) is 5.75 Å². The smallest absolute Gasteiger partial charge is 0.336 e. The van der Waals surface area contributed by atoms with E-state index in [0.29, 0.717) is 17.0 Å². The lowest BCUT2D eigenvalue weighted by Crippen LogP contribution is -2.32. The predicted molar refractivity (Wildman–Crippen MR) is 130 cm³/mol. The number of hydrogen-bond acceptors (Lipinski definition) is 6. The van der Waals surface area contributed by atoms with Gasteiger partial charge in [-0.1, -0.05) is 48.5 Å². The molecule has 34 heavy (non-hydrogen) atoms. The van der Waals surface area contributed by atoms with E-state index in [0.717, 1.165) is 11.1 Å². The highest BCUT2D eigenvalue weighted by atomic mass is 16.6. The monoisotopic (exact) mass is 457 g/mol. The summed E-state index contributed by atoms with van der Waals surface area (Å²) >= 11 is 0. The van der Waals surface area contributed by atoms with E-state index in [9.17, 15) is 14.4 Å². The van der Waals surface area contributed by atoms with Crippen LogP contribution in [0, 0.1) is 6.92 Å². The second kappa shape index (κ2) is 11.8. The second-order valence-electron chi connectivity index (χ2n) is 7.04. The maximum atomic E-state index is 12.1. The first-order chi connectivity index (χ1) is 16.5. The summed E-state index contributed by atoms with van der Waals surface area (Å²) in [5.41, 5.74) is 4.96. The number of amides is 2. The minimum absolute atomic E-state index is 0.226. The van der Waals surface area contributed by atoms with Gasteiger partial charge in [0.15, 0.2) is 11.5 Å². The average molecular weight is 457 g/mol. The lowest BCUT2D eigenvalue weighted by Gasteiger charge is -2.08. The van der Waals surface area contributed by atoms with Crippen LogP contribution in [0.25, 0.3) is 6.08 Å². The van der Waals surface area contributed by atoms with Crippen molar-refractivity contribution in [1.29, 1.82) is 0 Å². The summed E-state index contributed by atoms with van der Waals surface area (Å²) in [5.74, 6) is -1.79. The van der Waals surface area contributed by atoms with Crippen molar-refractivity contribution in [3.63, 3.8) is 0 Å². The zero-order valence-corrected chi connectivity index (χ0v) is 18.6. The largest absolute Gasteiger partial charge is 0.493 e. The quantitative estimate of drug-likeness (QED) is 0.141. The normalized spacial score (nSPS) is 10.8. The number of ether oxygens (including phenoxy) is 2. The molecule has 0 heterocycles. The Morgan fingerprint density at radius 3 is 2.32 bits per heavy atom. The van der Waals surface area contributed by atoms with Crippen molar-refractivity contribution < 1.29 is 23.9 Å². The van der Waals surface area contributed by atoms with Gasteiger partial charge in [0, 0.05) is 11.8 Å². The molecule has 3 aromatic carbocycles. The summed E-state index contributed by atoms with van der Waals surface area (Å²) in [6, 6.07) is 21.2. The van der Waals surface area contributed by atoms with Crippen molar-refractivity contribution in [2.45, 2.75) is 6.92 Å². The Balaban J connectivity index is 1.57. The van der Waals surface area contributed by atoms with E-state index in [4.69, 9.17) is 9.47 Å². The first kappa shape index (κ1) is 23.9. The van der Waals surface area contributed by atoms with Gasteiger partial charge in [0.2, 0.25) is 0 Å². The minimum atomic E-state index is -0.915. The lowest BCUT2D eigenvalue weighted by atomic mass is 10.2. The zero-order chi connectivity index (χ0) is 24.3. The van der Waals surface area contributed by atoms with Crippen molar-refractivity contribution in [1.82, 2.24) is 5.43 Å². The number of carbonyl (C=O) groups is 3. The highest BCUT2D eigenvalue weighted by molar-refractivity contribution is 6.39. The van der Waals surface area contributed by atoms with Crippen molar-refractivity contribution in [3.8, 4) is 11.5 Å². The number of aryl methyl sites for hydroxylation is 1. The van der Waals surface area contributed by atoms with Crippen LogP contribution in [0.3, 0.4) is 0 Å². The van der Waals surface area contributed by atoms with Gasteiger partial charge in [-0.15, -0.1) is 0 Å². The molecule has 0 radical (unpaired) electrons. The fraction of sp³-hybridized carbons (Fsp3) is 0.0769. The molecule has 8 heteroatoms. The Kier molecular flexibility index (Phi) is 8.29. The number of para-hydroxylation sites is 1. The average Bonchev–Trinajstić information content (AvgIpc) is 2.85. The van der Waals surface area contributed by atoms with Crippen molar-refractivity contribution in [2.24, 2.45) is 5.10 Å². The van der Waals surface area contributed by atoms with Crippen molar-refractivity contribution in [2.75, 3.05) is 12.4 Å². The van der Waals surface area contributed by atoms with Crippen LogP contribution in [0.5, 0.6) is 11.5 Å². The summed E-state index contributed by atoms with van der Waals surface area (Å²) in [5, 5.41) is 6.32. The maximum Gasteiger partial charge on any atom is 0.336 e. The molecule has 0 unspecified atom stereocenters. The van der Waals surface area contributed by atoms with Crippen molar-refractivity contribution in [3.05, 3.63) is 95.6 Å². The summed E-state index contributed by atoms with van der Waals surface area (Å²) in [6.45, 7) is 1.82. The van der Waals surface area contributed by atoms with Gasteiger partial charge < -0.3 is 14.8 Å². The maximum absolute atomic E-state index is 12.1. The van der Waals surface area contributed by atoms with Gasteiger partial charge in [0.1, 0.15) is 0 Å². The van der Waals surface area contributed by atoms with Gasteiger partial charge in [-0.05, 0) is 54.0 Å². The van der Waals surface area contributed by atoms with Crippen LogP contribution in [-0.4, -0.2) is 31.1 Å². The van der Waals surface area contributed by atoms with E-state index in [1.54, 1.807) is 36.4 Å². The Bertz CT molecular complexity index is 1240. The Hall–Kier alpha value is -4.72. The molecule has 0 bridgehead atoms. The van der Waals surface area contributed by atoms with Crippen LogP contribution in [0.15, 0.2) is 84.0 Å². The molecule has 0 aliphatic rings. The molecule has 8 nitrogen and oxygen atoms in total. The highest BCUT2D eigenvalue weighted by Crippen LogP contribution is 2.27. The van der Waals surface area contributed by atoms with Gasteiger partial charge in [0.25, 0.3) is 0 Å². The summed E-state index contributed by atoms with van der Waals surface area (Å²) < 4.78 is 10.6. The molecule has 3 rings (SSSR count). The molecule has 0 aliphatic heterocycles. The second-order valence-corrected chi connectivity index (χ2v) is 7.04. The molecular formula is C26H23N3O5. The van der Waals surface area contributed by atoms with E-state index in [1.807, 2.05) is 49.4 Å². The number of rotatable bonds is 7. The Morgan fingerprint density at radius 2 is 1.59 bits per heavy atom. The number of nitrogens with zero attached hydrogens (tertiary/aromatic N) is 1. The Labute approximate surface area is 196 Å². The number of benzene rings is 3. The van der Waals surface area contributed by atoms with Crippen LogP contribution in [0.1, 0.15) is 16.7 Å². The number of methoxy groups -OCH3 is 1. The number of anilines is 1. The standard InChI is InChI=1S/C26H23N3O5/c1-18-8-6-7-11-21(18)28-25(31)26(32)29-27-17-20-12-14-22(23(16-20)33-2)34-24(30)15-13-19-9-4-3-5-10-19/h3-17H,1-2H3,(H,28,31)(H,29,32)/b15-13+,27-17-.